The molecule has 6 saturated heterocycles. The summed E-state index contributed by atoms with van der Waals surface area (Å²) >= 11 is 6.02. The van der Waals surface area contributed by atoms with Crippen LogP contribution in [0.4, 0.5) is 0 Å². The Hall–Kier alpha value is -8.09. The maximum Gasteiger partial charge on any atom is 0.494 e. The van der Waals surface area contributed by atoms with E-state index in [9.17, 15) is 28.8 Å². The second kappa shape index (κ2) is 45.9. The number of amides is 3. The van der Waals surface area contributed by atoms with Gasteiger partial charge in [0.25, 0.3) is 0 Å². The minimum absolute atomic E-state index is 0.0770. The summed E-state index contributed by atoms with van der Waals surface area (Å²) in [5.74, 6) is 5.81. The van der Waals surface area contributed by atoms with Crippen molar-refractivity contribution in [1.29, 1.82) is 0 Å². The zero-order valence-electron chi connectivity index (χ0n) is 86.5. The second-order valence-corrected chi connectivity index (χ2v) is 44.6. The summed E-state index contributed by atoms with van der Waals surface area (Å²) in [5.41, 5.74) is 4.95. The molecule has 10 heterocycles. The molecule has 4 saturated carbocycles. The van der Waals surface area contributed by atoms with Gasteiger partial charge in [0.15, 0.2) is 17.3 Å². The van der Waals surface area contributed by atoms with Crippen LogP contribution in [0, 0.1) is 34.0 Å². The molecule has 3 N–H and O–H groups in total. The molecule has 7 aromatic rings. The molecule has 17 rings (SSSR count). The van der Waals surface area contributed by atoms with Gasteiger partial charge in [-0.3, -0.25) is 38.7 Å². The lowest BCUT2D eigenvalue weighted by Gasteiger charge is -2.32. The quantitative estimate of drug-likeness (QED) is 0.0237. The van der Waals surface area contributed by atoms with E-state index in [0.717, 1.165) is 233 Å². The summed E-state index contributed by atoms with van der Waals surface area (Å²) in [5, 5.41) is 10.6. The molecule has 30 heteroatoms. The van der Waals surface area contributed by atoms with Gasteiger partial charge in [-0.05, 0) is 297 Å². The number of nitrogens with one attached hydrogen (secondary N) is 3. The number of carbonyl (C=O) groups is 6. The van der Waals surface area contributed by atoms with E-state index in [4.69, 9.17) is 52.8 Å². The average Bonchev–Trinajstić information content (AvgIpc) is 1.58. The third kappa shape index (κ3) is 26.7. The number of ketones is 3. The lowest BCUT2D eigenvalue weighted by atomic mass is 9.49. The number of likely N-dealkylation sites (tertiary alicyclic amines) is 3. The van der Waals surface area contributed by atoms with Gasteiger partial charge in [0.1, 0.15) is 35.5 Å². The van der Waals surface area contributed by atoms with Crippen LogP contribution in [0.15, 0.2) is 117 Å². The first-order valence-corrected chi connectivity index (χ1v) is 53.0. The van der Waals surface area contributed by atoms with Crippen LogP contribution in [0.5, 0.6) is 0 Å². The third-order valence-electron chi connectivity index (χ3n) is 33.1. The topological polar surface area (TPSA) is 307 Å². The minimum atomic E-state index is -0.476. The first-order valence-electron chi connectivity index (χ1n) is 52.6. The fraction of sp³-hybridized carbons (Fsp3) is 0.661. The number of oxazole rings is 3. The number of piperidine rings is 3. The Morgan fingerprint density at radius 2 is 0.676 bits per heavy atom. The fourth-order valence-corrected chi connectivity index (χ4v) is 20.6. The summed E-state index contributed by atoms with van der Waals surface area (Å²) in [6.45, 7) is 46.5. The highest BCUT2D eigenvalue weighted by molar-refractivity contribution is 7.11. The predicted molar refractivity (Wildman–Crippen MR) is 545 cm³/mol. The van der Waals surface area contributed by atoms with Gasteiger partial charge < -0.3 is 71.8 Å². The zero-order valence-corrected chi connectivity index (χ0v) is 87.3. The van der Waals surface area contributed by atoms with Crippen molar-refractivity contribution in [3.8, 4) is 45.2 Å². The molecule has 4 aliphatic carbocycles. The van der Waals surface area contributed by atoms with Crippen LogP contribution < -0.4 is 21.4 Å². The first kappa shape index (κ1) is 107. The van der Waals surface area contributed by atoms with Crippen molar-refractivity contribution in [3.05, 3.63) is 132 Å². The summed E-state index contributed by atoms with van der Waals surface area (Å²) in [4.78, 5) is 106. The third-order valence-corrected chi connectivity index (χ3v) is 33.4. The van der Waals surface area contributed by atoms with E-state index in [1.165, 1.54) is 12.8 Å². The van der Waals surface area contributed by atoms with Crippen molar-refractivity contribution < 1.29 is 69.9 Å². The van der Waals surface area contributed by atoms with Gasteiger partial charge in [-0.2, -0.15) is 0 Å². The van der Waals surface area contributed by atoms with Gasteiger partial charge in [-0.15, -0.1) is 0 Å². The number of hydrogen-bond donors (Lipinski definition) is 3. The van der Waals surface area contributed by atoms with Crippen LogP contribution in [0.25, 0.3) is 45.2 Å². The van der Waals surface area contributed by atoms with Crippen molar-refractivity contribution in [1.82, 2.24) is 55.6 Å². The van der Waals surface area contributed by atoms with E-state index in [2.05, 4.69) is 104 Å². The van der Waals surface area contributed by atoms with Crippen LogP contribution in [-0.4, -0.2) is 188 Å². The summed E-state index contributed by atoms with van der Waals surface area (Å²) in [6.07, 6.45) is 35.0. The van der Waals surface area contributed by atoms with Crippen LogP contribution in [0.2, 0.25) is 5.02 Å². The highest BCUT2D eigenvalue weighted by atomic mass is 35.5. The Morgan fingerprint density at radius 3 is 0.971 bits per heavy atom. The molecule has 0 bridgehead atoms. The monoisotopic (exact) mass is 1930 g/mol. The van der Waals surface area contributed by atoms with Crippen LogP contribution in [0.3, 0.4) is 0 Å². The second-order valence-electron chi connectivity index (χ2n) is 44.2. The van der Waals surface area contributed by atoms with Crippen LogP contribution >= 0.6 is 11.6 Å². The van der Waals surface area contributed by atoms with E-state index in [1.54, 1.807) is 18.6 Å². The number of nitrogens with zero attached hydrogens (tertiary/aromatic N) is 8. The number of hydrogen-bond acceptors (Lipinski definition) is 23. The fourth-order valence-electron chi connectivity index (χ4n) is 20.4. The minimum Gasteiger partial charge on any atom is -0.438 e. The number of unbranched alkanes of at least 4 members (excludes halogenated alkanes) is 6. The molecule has 3 aromatic carbocycles. The molecule has 4 aromatic heterocycles. The largest absolute Gasteiger partial charge is 0.494 e. The maximum atomic E-state index is 13.5. The Kier molecular flexibility index (Phi) is 35.2. The number of carbonyl (C=O) groups excluding carboxylic acids is 6. The van der Waals surface area contributed by atoms with Crippen molar-refractivity contribution >= 4 is 73.3 Å². The Labute approximate surface area is 832 Å². The van der Waals surface area contributed by atoms with Gasteiger partial charge in [-0.25, -0.2) is 15.0 Å². The average molecular weight is 1930 g/mol. The van der Waals surface area contributed by atoms with Crippen LogP contribution in [0.1, 0.15) is 358 Å². The number of Topliss-reactive ketones (excluding diaryl/α,β-unsaturated/α-hetero) is 3. The smallest absolute Gasteiger partial charge is 0.438 e. The molecular formula is C109H157B3ClN11O15. The van der Waals surface area contributed by atoms with Crippen molar-refractivity contribution in [2.45, 2.75) is 368 Å². The lowest BCUT2D eigenvalue weighted by Crippen LogP contribution is -2.41. The first-order chi connectivity index (χ1) is 66.3. The highest BCUT2D eigenvalue weighted by Crippen LogP contribution is 2.62. The predicted octanol–water partition coefficient (Wildman–Crippen LogP) is 21.2. The summed E-state index contributed by atoms with van der Waals surface area (Å²) in [7, 11) is -1.37. The Balaban J connectivity index is 0.000000153. The molecule has 0 unspecified atom stereocenters. The molecular weight excluding hydrogens is 1770 g/mol. The molecule has 10 fully saturated rings. The maximum absolute atomic E-state index is 13.5. The van der Waals surface area contributed by atoms with Crippen molar-refractivity contribution in [2.24, 2.45) is 34.0 Å². The van der Waals surface area contributed by atoms with E-state index in [-0.39, 0.29) is 92.2 Å². The summed E-state index contributed by atoms with van der Waals surface area (Å²) in [6, 6.07) is 22.7. The van der Waals surface area contributed by atoms with E-state index >= 15 is 0 Å². The molecule has 6 atom stereocenters. The molecule has 6 aliphatic heterocycles. The highest BCUT2D eigenvalue weighted by Gasteiger charge is 2.65. The van der Waals surface area contributed by atoms with E-state index in [1.807, 2.05) is 161 Å². The van der Waals surface area contributed by atoms with E-state index < -0.39 is 32.3 Å². The number of benzene rings is 3. The van der Waals surface area contributed by atoms with Crippen molar-refractivity contribution in [3.63, 3.8) is 0 Å². The van der Waals surface area contributed by atoms with Gasteiger partial charge in [0.2, 0.25) is 35.4 Å². The summed E-state index contributed by atoms with van der Waals surface area (Å²) < 4.78 is 55.0. The SMILES string of the molecule is CC1(C)OB(B2OC(C)(C)C(C)(C)O2)OC1(C)C.CCC(=O)CCCCC[C@H](NC(=O)[C@H]1CC12CCN(CC)CC2)c1ncc(-c2ccc(-c3cnc(C4CC4)cn3)cc2)o1.CCC(=O)CCCCC[C@H](NC(=O)[C@H]1CC12CCN(CC)CC2)c1ncc(-c2ccc(B3OC(C)(C)C(C)(C)O3)cc2)o1.CCC(=O)CCCCC[C@H](NC(=O)[C@H]1CC12CCN(CC)CC2)c1ncc(-c2ccc(Cl)cc2)o1. The molecule has 10 aliphatic rings. The lowest BCUT2D eigenvalue weighted by molar-refractivity contribution is -0.125. The number of aromatic nitrogens is 5. The number of rotatable bonds is 40. The van der Waals surface area contributed by atoms with Crippen LogP contribution in [-0.2, 0) is 56.7 Å². The molecule has 0 radical (unpaired) electrons. The molecule has 3 spiro atoms. The Bertz CT molecular complexity index is 5140. The van der Waals surface area contributed by atoms with Gasteiger partial charge in [-0.1, -0.05) is 140 Å². The Morgan fingerprint density at radius 1 is 0.374 bits per heavy atom. The normalized spacial score (nSPS) is 22.5. The molecule has 26 nitrogen and oxygen atoms in total. The molecule has 139 heavy (non-hydrogen) atoms. The van der Waals surface area contributed by atoms with Crippen molar-refractivity contribution in [2.75, 3.05) is 58.9 Å². The molecule has 754 valence electrons. The van der Waals surface area contributed by atoms with Gasteiger partial charge >= 0.3 is 21.1 Å². The number of halogens is 1. The van der Waals surface area contributed by atoms with Gasteiger partial charge in [0, 0.05) is 95.7 Å². The van der Waals surface area contributed by atoms with Gasteiger partial charge in [0.05, 0.1) is 69.8 Å². The molecule has 3 amide bonds. The standard InChI is InChI=1S/C35H45N5O3.C34H50BN3O5.C28H38ClN3O3.C12H24B2O4/c1-3-27(41)8-6-5-7-9-29(39-33(42)28-20-35(28)16-18-40(4-2)19-17-35)34-38-23-32(43-34)26-14-12-25(13-15-26)31-22-36-30(21-37-31)24-10-11-24;1-7-26(39)12-10-9-11-13-28(37-30(40)27-22-34(27)18-20-38(8-2)21-19-34)31-36-23-29(41-31)24-14-16-25(17-15-24)35-42-32(3,4)33(5,6)43-35;1-3-22(33)8-6-5-7-9-24(27-30-19-25(35-27)20-10-12-21(29)13-11-20)31-26(34)23-18-28(23)14-16-32(4-2)17-15-28;1-9(2)10(3,4)16-13(15-9)14-17-11(5,6)12(7,8)18-14/h12-15,21-24,28-29H,3-11,16-20H2,1-2H3,(H,39,42);14-17,23,27-28H,7-13,18-22H2,1-6H3,(H,37,40);10-13,19,23-24H,3-9,14-18H2,1-2H3,(H,31,34);1-8H3/t28-,29+;27-,28+;23-,24+;/m111./s1. The van der Waals surface area contributed by atoms with E-state index in [0.29, 0.717) is 102 Å². The zero-order chi connectivity index (χ0) is 99.5.